The Bertz CT molecular complexity index is 476. The molecule has 0 aliphatic heterocycles. The molecule has 0 saturated carbocycles. The SMILES string of the molecule is NNC(=O)Cc1ccc(Cn2cccn2)cc1. The number of carbonyl (C=O) groups is 1. The minimum absolute atomic E-state index is 0.190. The Labute approximate surface area is 99.2 Å². The van der Waals surface area contributed by atoms with Crippen LogP contribution >= 0.6 is 0 Å². The average molecular weight is 230 g/mol. The number of hydrogen-bond acceptors (Lipinski definition) is 3. The van der Waals surface area contributed by atoms with Crippen LogP contribution in [0.5, 0.6) is 0 Å². The Morgan fingerprint density at radius 2 is 2.00 bits per heavy atom. The maximum absolute atomic E-state index is 11.1. The molecule has 0 atom stereocenters. The van der Waals surface area contributed by atoms with Gasteiger partial charge < -0.3 is 0 Å². The summed E-state index contributed by atoms with van der Waals surface area (Å²) in [6.07, 6.45) is 3.97. The van der Waals surface area contributed by atoms with Crippen molar-refractivity contribution in [2.24, 2.45) is 5.84 Å². The van der Waals surface area contributed by atoms with Crippen LogP contribution in [0.4, 0.5) is 0 Å². The molecule has 5 nitrogen and oxygen atoms in total. The molecule has 0 fully saturated rings. The van der Waals surface area contributed by atoms with Crippen molar-refractivity contribution in [1.82, 2.24) is 15.2 Å². The van der Waals surface area contributed by atoms with E-state index in [1.807, 2.05) is 41.2 Å². The first-order valence-electron chi connectivity index (χ1n) is 5.32. The summed E-state index contributed by atoms with van der Waals surface area (Å²) >= 11 is 0. The number of carbonyl (C=O) groups excluding carboxylic acids is 1. The second-order valence-corrected chi connectivity index (χ2v) is 3.76. The number of hydrogen-bond donors (Lipinski definition) is 2. The van der Waals surface area contributed by atoms with Gasteiger partial charge in [0.2, 0.25) is 5.91 Å². The van der Waals surface area contributed by atoms with Gasteiger partial charge in [-0.1, -0.05) is 24.3 Å². The topological polar surface area (TPSA) is 72.9 Å². The van der Waals surface area contributed by atoms with Crippen LogP contribution in [0.2, 0.25) is 0 Å². The zero-order valence-electron chi connectivity index (χ0n) is 9.34. The molecule has 0 aliphatic carbocycles. The van der Waals surface area contributed by atoms with Gasteiger partial charge in [-0.05, 0) is 17.2 Å². The highest BCUT2D eigenvalue weighted by molar-refractivity contribution is 5.77. The first-order valence-corrected chi connectivity index (χ1v) is 5.32. The molecule has 0 saturated heterocycles. The maximum atomic E-state index is 11.1. The van der Waals surface area contributed by atoms with Crippen molar-refractivity contribution in [1.29, 1.82) is 0 Å². The van der Waals surface area contributed by atoms with E-state index in [1.54, 1.807) is 6.20 Å². The van der Waals surface area contributed by atoms with Crippen LogP contribution in [-0.4, -0.2) is 15.7 Å². The standard InChI is InChI=1S/C12H14N4O/c13-15-12(17)8-10-2-4-11(5-3-10)9-16-7-1-6-14-16/h1-7H,8-9,13H2,(H,15,17). The summed E-state index contributed by atoms with van der Waals surface area (Å²) < 4.78 is 1.85. The van der Waals surface area contributed by atoms with Gasteiger partial charge in [0.15, 0.2) is 0 Å². The fourth-order valence-corrected chi connectivity index (χ4v) is 1.58. The van der Waals surface area contributed by atoms with Gasteiger partial charge in [0.1, 0.15) is 0 Å². The number of aromatic nitrogens is 2. The Morgan fingerprint density at radius 1 is 1.29 bits per heavy atom. The van der Waals surface area contributed by atoms with Crippen LogP contribution in [0, 0.1) is 0 Å². The molecular formula is C12H14N4O. The van der Waals surface area contributed by atoms with E-state index in [4.69, 9.17) is 5.84 Å². The molecule has 88 valence electrons. The molecule has 0 unspecified atom stereocenters. The Balaban J connectivity index is 2.00. The highest BCUT2D eigenvalue weighted by Crippen LogP contribution is 2.06. The number of amides is 1. The lowest BCUT2D eigenvalue weighted by Crippen LogP contribution is -2.31. The first-order chi connectivity index (χ1) is 8.28. The molecular weight excluding hydrogens is 216 g/mol. The largest absolute Gasteiger partial charge is 0.294 e. The van der Waals surface area contributed by atoms with E-state index < -0.39 is 0 Å². The van der Waals surface area contributed by atoms with Gasteiger partial charge in [-0.15, -0.1) is 0 Å². The minimum atomic E-state index is -0.190. The molecule has 1 aromatic heterocycles. The molecule has 2 rings (SSSR count). The van der Waals surface area contributed by atoms with Gasteiger partial charge in [-0.3, -0.25) is 14.9 Å². The smallest absolute Gasteiger partial charge is 0.238 e. The van der Waals surface area contributed by atoms with Crippen molar-refractivity contribution in [2.75, 3.05) is 0 Å². The summed E-state index contributed by atoms with van der Waals surface area (Å²) in [4.78, 5) is 11.1. The Hall–Kier alpha value is -2.14. The summed E-state index contributed by atoms with van der Waals surface area (Å²) in [5.41, 5.74) is 4.20. The fourth-order valence-electron chi connectivity index (χ4n) is 1.58. The van der Waals surface area contributed by atoms with Crippen LogP contribution in [0.15, 0.2) is 42.7 Å². The third-order valence-corrected chi connectivity index (χ3v) is 2.45. The van der Waals surface area contributed by atoms with Crippen molar-refractivity contribution >= 4 is 5.91 Å². The number of hydrazine groups is 1. The van der Waals surface area contributed by atoms with Crippen LogP contribution in [0.1, 0.15) is 11.1 Å². The Morgan fingerprint density at radius 3 is 2.59 bits per heavy atom. The quantitative estimate of drug-likeness (QED) is 0.455. The molecule has 17 heavy (non-hydrogen) atoms. The van der Waals surface area contributed by atoms with E-state index in [-0.39, 0.29) is 5.91 Å². The lowest BCUT2D eigenvalue weighted by Gasteiger charge is -2.04. The number of nitrogens with one attached hydrogen (secondary N) is 1. The average Bonchev–Trinajstić information content (AvgIpc) is 2.84. The van der Waals surface area contributed by atoms with Crippen molar-refractivity contribution in [3.8, 4) is 0 Å². The monoisotopic (exact) mass is 230 g/mol. The van der Waals surface area contributed by atoms with E-state index in [9.17, 15) is 4.79 Å². The summed E-state index contributed by atoms with van der Waals surface area (Å²) in [5.74, 6) is 4.84. The minimum Gasteiger partial charge on any atom is -0.294 e. The lowest BCUT2D eigenvalue weighted by molar-refractivity contribution is -0.120. The maximum Gasteiger partial charge on any atom is 0.238 e. The lowest BCUT2D eigenvalue weighted by atomic mass is 10.1. The van der Waals surface area contributed by atoms with Crippen molar-refractivity contribution in [2.45, 2.75) is 13.0 Å². The van der Waals surface area contributed by atoms with Gasteiger partial charge in [0.25, 0.3) is 0 Å². The number of benzene rings is 1. The summed E-state index contributed by atoms with van der Waals surface area (Å²) in [7, 11) is 0. The number of nitrogens with two attached hydrogens (primary N) is 1. The molecule has 5 heteroatoms. The second kappa shape index (κ2) is 5.27. The van der Waals surface area contributed by atoms with E-state index in [0.717, 1.165) is 17.7 Å². The highest BCUT2D eigenvalue weighted by atomic mass is 16.2. The molecule has 0 aliphatic rings. The predicted molar refractivity (Wildman–Crippen MR) is 63.8 cm³/mol. The summed E-state index contributed by atoms with van der Waals surface area (Å²) in [6, 6.07) is 9.71. The van der Waals surface area contributed by atoms with Gasteiger partial charge in [-0.2, -0.15) is 5.10 Å². The molecule has 1 heterocycles. The van der Waals surface area contributed by atoms with E-state index in [1.165, 1.54) is 0 Å². The molecule has 1 amide bonds. The van der Waals surface area contributed by atoms with Crippen LogP contribution < -0.4 is 11.3 Å². The van der Waals surface area contributed by atoms with Gasteiger partial charge >= 0.3 is 0 Å². The van der Waals surface area contributed by atoms with Gasteiger partial charge in [0.05, 0.1) is 13.0 Å². The molecule has 0 radical (unpaired) electrons. The van der Waals surface area contributed by atoms with Crippen LogP contribution in [-0.2, 0) is 17.8 Å². The zero-order chi connectivity index (χ0) is 12.1. The molecule has 1 aromatic carbocycles. The Kier molecular flexibility index (Phi) is 3.52. The van der Waals surface area contributed by atoms with Gasteiger partial charge in [-0.25, -0.2) is 5.84 Å². The third kappa shape index (κ3) is 3.15. The second-order valence-electron chi connectivity index (χ2n) is 3.76. The number of nitrogens with zero attached hydrogens (tertiary/aromatic N) is 2. The van der Waals surface area contributed by atoms with Crippen LogP contribution in [0.3, 0.4) is 0 Å². The van der Waals surface area contributed by atoms with Crippen molar-refractivity contribution in [3.63, 3.8) is 0 Å². The van der Waals surface area contributed by atoms with E-state index >= 15 is 0 Å². The van der Waals surface area contributed by atoms with E-state index in [0.29, 0.717) is 6.42 Å². The summed E-state index contributed by atoms with van der Waals surface area (Å²) in [6.45, 7) is 0.733. The predicted octanol–water partition coefficient (Wildman–Crippen LogP) is 0.464. The normalized spacial score (nSPS) is 10.2. The van der Waals surface area contributed by atoms with Crippen LogP contribution in [0.25, 0.3) is 0 Å². The van der Waals surface area contributed by atoms with Crippen molar-refractivity contribution in [3.05, 3.63) is 53.9 Å². The first kappa shape index (κ1) is 11.3. The fraction of sp³-hybridized carbons (Fsp3) is 0.167. The molecule has 2 aromatic rings. The third-order valence-electron chi connectivity index (χ3n) is 2.45. The van der Waals surface area contributed by atoms with Gasteiger partial charge in [0, 0.05) is 12.4 Å². The van der Waals surface area contributed by atoms with Crippen molar-refractivity contribution < 1.29 is 4.79 Å². The molecule has 3 N–H and O–H groups in total. The molecule has 0 spiro atoms. The zero-order valence-corrected chi connectivity index (χ0v) is 9.34. The van der Waals surface area contributed by atoms with E-state index in [2.05, 4.69) is 10.5 Å². The summed E-state index contributed by atoms with van der Waals surface area (Å²) in [5, 5.41) is 4.13. The highest BCUT2D eigenvalue weighted by Gasteiger charge is 2.01. The molecule has 0 bridgehead atoms. The number of rotatable bonds is 4.